The molecule has 1 heteroatoms. The van der Waals surface area contributed by atoms with Crippen molar-refractivity contribution in [1.29, 1.82) is 0 Å². The minimum Gasteiger partial charge on any atom is -0.319 e. The fourth-order valence-electron chi connectivity index (χ4n) is 2.79. The Bertz CT molecular complexity index is 138. The molecule has 0 aromatic carbocycles. The summed E-state index contributed by atoms with van der Waals surface area (Å²) in [6.07, 6.45) is 9.14. The van der Waals surface area contributed by atoms with E-state index in [1.165, 1.54) is 38.6 Å². The van der Waals surface area contributed by atoms with E-state index in [2.05, 4.69) is 12.4 Å². The Morgan fingerprint density at radius 1 is 1.17 bits per heavy atom. The Morgan fingerprint density at radius 2 is 1.92 bits per heavy atom. The van der Waals surface area contributed by atoms with Crippen molar-refractivity contribution in [3.8, 4) is 0 Å². The lowest BCUT2D eigenvalue weighted by Gasteiger charge is -2.07. The summed E-state index contributed by atoms with van der Waals surface area (Å²) in [7, 11) is 2.07. The van der Waals surface area contributed by atoms with Gasteiger partial charge in [-0.15, -0.1) is 0 Å². The Morgan fingerprint density at radius 3 is 2.58 bits per heavy atom. The minimum atomic E-state index is 1.04. The Balaban J connectivity index is 1.62. The second kappa shape index (κ2) is 3.78. The third-order valence-electron chi connectivity index (χ3n) is 3.65. The maximum Gasteiger partial charge on any atom is -0.00208 e. The van der Waals surface area contributed by atoms with Crippen LogP contribution >= 0.6 is 0 Å². The summed E-state index contributed by atoms with van der Waals surface area (Å²) in [5.74, 6) is 3.24. The van der Waals surface area contributed by atoms with Gasteiger partial charge in [-0.2, -0.15) is 0 Å². The van der Waals surface area contributed by atoms with E-state index in [-0.39, 0.29) is 0 Å². The van der Waals surface area contributed by atoms with Crippen molar-refractivity contribution in [2.45, 2.75) is 38.5 Å². The van der Waals surface area contributed by atoms with Gasteiger partial charge in [0.2, 0.25) is 0 Å². The molecule has 2 unspecified atom stereocenters. The first kappa shape index (κ1) is 8.55. The molecule has 2 aliphatic rings. The van der Waals surface area contributed by atoms with Gasteiger partial charge in [0, 0.05) is 0 Å². The molecule has 0 radical (unpaired) electrons. The van der Waals surface area contributed by atoms with Crippen LogP contribution in [0.3, 0.4) is 0 Å². The van der Waals surface area contributed by atoms with Crippen LogP contribution in [0.2, 0.25) is 0 Å². The molecule has 1 N–H and O–H groups in total. The van der Waals surface area contributed by atoms with Gasteiger partial charge in [0.05, 0.1) is 0 Å². The van der Waals surface area contributed by atoms with Crippen LogP contribution in [0.25, 0.3) is 0 Å². The monoisotopic (exact) mass is 167 g/mol. The average Bonchev–Trinajstić information content (AvgIpc) is 2.62. The smallest absolute Gasteiger partial charge is 0.00208 e. The van der Waals surface area contributed by atoms with Gasteiger partial charge in [-0.3, -0.25) is 0 Å². The molecule has 12 heavy (non-hydrogen) atoms. The summed E-state index contributed by atoms with van der Waals surface area (Å²) in [6.45, 7) is 1.26. The van der Waals surface area contributed by atoms with E-state index >= 15 is 0 Å². The molecule has 2 saturated carbocycles. The highest BCUT2D eigenvalue weighted by Gasteiger charge is 2.37. The van der Waals surface area contributed by atoms with Gasteiger partial charge >= 0.3 is 0 Å². The van der Waals surface area contributed by atoms with E-state index in [1.807, 2.05) is 0 Å². The summed E-state index contributed by atoms with van der Waals surface area (Å²) >= 11 is 0. The van der Waals surface area contributed by atoms with Gasteiger partial charge in [0.1, 0.15) is 0 Å². The topological polar surface area (TPSA) is 12.0 Å². The van der Waals surface area contributed by atoms with Crippen molar-refractivity contribution in [1.82, 2.24) is 5.32 Å². The van der Waals surface area contributed by atoms with Crippen LogP contribution in [-0.4, -0.2) is 13.6 Å². The summed E-state index contributed by atoms with van der Waals surface area (Å²) in [6, 6.07) is 0. The predicted octanol–water partition coefficient (Wildman–Crippen LogP) is 2.42. The van der Waals surface area contributed by atoms with E-state index in [1.54, 1.807) is 6.42 Å². The lowest BCUT2D eigenvalue weighted by molar-refractivity contribution is 0.450. The van der Waals surface area contributed by atoms with Crippen molar-refractivity contribution in [2.75, 3.05) is 13.6 Å². The van der Waals surface area contributed by atoms with Crippen LogP contribution in [0.1, 0.15) is 38.5 Å². The first-order chi connectivity index (χ1) is 5.90. The van der Waals surface area contributed by atoms with Crippen LogP contribution < -0.4 is 5.32 Å². The molecule has 0 spiro atoms. The maximum atomic E-state index is 3.28. The van der Waals surface area contributed by atoms with E-state index in [0.29, 0.717) is 0 Å². The summed E-state index contributed by atoms with van der Waals surface area (Å²) < 4.78 is 0. The molecule has 2 fully saturated rings. The maximum absolute atomic E-state index is 3.28. The molecule has 0 aromatic heterocycles. The first-order valence-electron chi connectivity index (χ1n) is 5.54. The molecule has 2 rings (SSSR count). The third kappa shape index (κ3) is 2.01. The molecule has 0 aromatic rings. The highest BCUT2D eigenvalue weighted by atomic mass is 14.8. The summed E-state index contributed by atoms with van der Waals surface area (Å²) in [5.41, 5.74) is 0. The quantitative estimate of drug-likeness (QED) is 0.678. The average molecular weight is 167 g/mol. The molecule has 0 aliphatic heterocycles. The second-order valence-electron chi connectivity index (χ2n) is 4.70. The van der Waals surface area contributed by atoms with Crippen LogP contribution in [-0.2, 0) is 0 Å². The van der Waals surface area contributed by atoms with Crippen LogP contribution in [0.4, 0.5) is 0 Å². The standard InChI is InChI=1S/C11H21N/c1-12-8-11-7-10(11)6-9-4-2-3-5-9/h9-12H,2-8H2,1H3. The lowest BCUT2D eigenvalue weighted by Crippen LogP contribution is -2.11. The molecule has 2 aliphatic carbocycles. The zero-order valence-corrected chi connectivity index (χ0v) is 8.18. The van der Waals surface area contributed by atoms with Crippen molar-refractivity contribution in [3.63, 3.8) is 0 Å². The van der Waals surface area contributed by atoms with Crippen LogP contribution in [0, 0.1) is 17.8 Å². The predicted molar refractivity (Wildman–Crippen MR) is 52.1 cm³/mol. The van der Waals surface area contributed by atoms with Gasteiger partial charge in [-0.25, -0.2) is 0 Å². The summed E-state index contributed by atoms with van der Waals surface area (Å²) in [5, 5.41) is 3.28. The molecular formula is C11H21N. The largest absolute Gasteiger partial charge is 0.319 e. The van der Waals surface area contributed by atoms with Crippen LogP contribution in [0.5, 0.6) is 0 Å². The van der Waals surface area contributed by atoms with E-state index in [9.17, 15) is 0 Å². The minimum absolute atomic E-state index is 1.04. The SMILES string of the molecule is CNCC1CC1CC1CCCC1. The van der Waals surface area contributed by atoms with E-state index in [4.69, 9.17) is 0 Å². The normalized spacial score (nSPS) is 35.8. The van der Waals surface area contributed by atoms with Crippen molar-refractivity contribution in [3.05, 3.63) is 0 Å². The number of nitrogens with one attached hydrogen (secondary N) is 1. The second-order valence-corrected chi connectivity index (χ2v) is 4.70. The highest BCUT2D eigenvalue weighted by Crippen LogP contribution is 2.45. The molecule has 0 amide bonds. The Kier molecular flexibility index (Phi) is 2.69. The van der Waals surface area contributed by atoms with Gasteiger partial charge < -0.3 is 5.32 Å². The molecule has 0 saturated heterocycles. The van der Waals surface area contributed by atoms with Crippen molar-refractivity contribution >= 4 is 0 Å². The molecule has 0 bridgehead atoms. The van der Waals surface area contributed by atoms with Crippen LogP contribution in [0.15, 0.2) is 0 Å². The highest BCUT2D eigenvalue weighted by molar-refractivity contribution is 4.89. The third-order valence-corrected chi connectivity index (χ3v) is 3.65. The van der Waals surface area contributed by atoms with Crippen molar-refractivity contribution < 1.29 is 0 Å². The fraction of sp³-hybridized carbons (Fsp3) is 1.00. The van der Waals surface area contributed by atoms with Gasteiger partial charge in [-0.05, 0) is 44.2 Å². The molecule has 1 nitrogen and oxygen atoms in total. The lowest BCUT2D eigenvalue weighted by atomic mass is 10.00. The number of hydrogen-bond acceptors (Lipinski definition) is 1. The zero-order chi connectivity index (χ0) is 8.39. The molecular weight excluding hydrogens is 146 g/mol. The summed E-state index contributed by atoms with van der Waals surface area (Å²) in [4.78, 5) is 0. The number of hydrogen-bond donors (Lipinski definition) is 1. The number of rotatable bonds is 4. The van der Waals surface area contributed by atoms with E-state index < -0.39 is 0 Å². The van der Waals surface area contributed by atoms with Gasteiger partial charge in [-0.1, -0.05) is 25.7 Å². The zero-order valence-electron chi connectivity index (χ0n) is 8.18. The fourth-order valence-corrected chi connectivity index (χ4v) is 2.79. The molecule has 2 atom stereocenters. The molecule has 70 valence electrons. The Labute approximate surface area is 75.9 Å². The van der Waals surface area contributed by atoms with Gasteiger partial charge in [0.15, 0.2) is 0 Å². The van der Waals surface area contributed by atoms with E-state index in [0.717, 1.165) is 17.8 Å². The molecule has 0 heterocycles. The van der Waals surface area contributed by atoms with Gasteiger partial charge in [0.25, 0.3) is 0 Å². The Hall–Kier alpha value is -0.0400. The first-order valence-corrected chi connectivity index (χ1v) is 5.54. The van der Waals surface area contributed by atoms with Crippen molar-refractivity contribution in [2.24, 2.45) is 17.8 Å².